The molecule has 0 fully saturated rings. The van der Waals surface area contributed by atoms with Crippen molar-refractivity contribution in [3.63, 3.8) is 0 Å². The molecule has 9 aromatic rings. The molecule has 0 spiro atoms. The van der Waals surface area contributed by atoms with Gasteiger partial charge in [0.2, 0.25) is 0 Å². The lowest BCUT2D eigenvalue weighted by molar-refractivity contribution is 0.777. The Morgan fingerprint density at radius 2 is 0.531 bits per heavy atom. The van der Waals surface area contributed by atoms with E-state index in [2.05, 4.69) is 293 Å². The fourth-order valence-corrected chi connectivity index (χ4v) is 8.67. The molecule has 0 saturated heterocycles. The third-order valence-corrected chi connectivity index (χ3v) is 11.7. The van der Waals surface area contributed by atoms with E-state index in [4.69, 9.17) is 0 Å². The highest BCUT2D eigenvalue weighted by Crippen LogP contribution is 2.41. The summed E-state index contributed by atoms with van der Waals surface area (Å²) in [5, 5.41) is 0. The van der Waals surface area contributed by atoms with Crippen molar-refractivity contribution in [2.24, 2.45) is 0 Å². The number of hydrogen-bond donors (Lipinski definition) is 0. The average Bonchev–Trinajstić information content (AvgIpc) is 3.38. The second kappa shape index (κ2) is 18.7. The number of para-hydroxylation sites is 6. The zero-order valence-electron chi connectivity index (χ0n) is 35.6. The highest BCUT2D eigenvalue weighted by atomic mass is 15.2. The van der Waals surface area contributed by atoms with Crippen molar-refractivity contribution in [2.75, 3.05) is 19.6 Å². The summed E-state index contributed by atoms with van der Waals surface area (Å²) < 4.78 is 0. The number of hydrogen-bond acceptors (Lipinski definition) is 4. The quantitative estimate of drug-likeness (QED) is 0.115. The van der Waals surface area contributed by atoms with Crippen molar-refractivity contribution >= 4 is 56.9 Å². The van der Waals surface area contributed by atoms with Crippen molar-refractivity contribution in [1.29, 1.82) is 0 Å². The Morgan fingerprint density at radius 1 is 0.266 bits per heavy atom. The summed E-state index contributed by atoms with van der Waals surface area (Å²) in [6.07, 6.45) is 7.87. The van der Waals surface area contributed by atoms with Crippen molar-refractivity contribution in [3.8, 4) is 11.1 Å². The molecule has 1 unspecified atom stereocenters. The monoisotopic (exact) mass is 824 g/mol. The van der Waals surface area contributed by atoms with Gasteiger partial charge in [-0.1, -0.05) is 146 Å². The van der Waals surface area contributed by atoms with Crippen molar-refractivity contribution in [3.05, 3.63) is 279 Å². The van der Waals surface area contributed by atoms with E-state index in [0.717, 1.165) is 68.7 Å². The summed E-state index contributed by atoms with van der Waals surface area (Å²) >= 11 is 0. The molecule has 9 aromatic carbocycles. The molecule has 64 heavy (non-hydrogen) atoms. The highest BCUT2D eigenvalue weighted by Gasteiger charge is 2.23. The summed E-state index contributed by atoms with van der Waals surface area (Å²) in [6, 6.07) is 90.6. The van der Waals surface area contributed by atoms with Gasteiger partial charge in [0.15, 0.2) is 0 Å². The number of allylic oxidation sites excluding steroid dienone is 1. The van der Waals surface area contributed by atoms with Gasteiger partial charge in [-0.2, -0.15) is 0 Å². The summed E-state index contributed by atoms with van der Waals surface area (Å²) in [6.45, 7) is 0. The number of anilines is 10. The van der Waals surface area contributed by atoms with E-state index in [1.807, 2.05) is 0 Å². The molecule has 0 N–H and O–H groups in total. The van der Waals surface area contributed by atoms with Gasteiger partial charge < -0.3 is 19.6 Å². The van der Waals surface area contributed by atoms with Crippen LogP contribution in [0.5, 0.6) is 0 Å². The molecule has 4 heteroatoms. The third-order valence-electron chi connectivity index (χ3n) is 11.7. The third kappa shape index (κ3) is 8.58. The van der Waals surface area contributed by atoms with Crippen molar-refractivity contribution in [2.45, 2.75) is 12.5 Å². The maximum absolute atomic E-state index is 2.43. The largest absolute Gasteiger partial charge is 0.334 e. The van der Waals surface area contributed by atoms with E-state index in [1.165, 1.54) is 11.4 Å². The van der Waals surface area contributed by atoms with E-state index < -0.39 is 0 Å². The normalized spacial score (nSPS) is 13.1. The van der Waals surface area contributed by atoms with Gasteiger partial charge >= 0.3 is 0 Å². The van der Waals surface area contributed by atoms with E-state index in [-0.39, 0.29) is 6.04 Å². The fourth-order valence-electron chi connectivity index (χ4n) is 8.67. The highest BCUT2D eigenvalue weighted by molar-refractivity contribution is 5.82. The maximum Gasteiger partial charge on any atom is 0.0561 e. The first-order valence-electron chi connectivity index (χ1n) is 22.0. The second-order valence-corrected chi connectivity index (χ2v) is 15.8. The van der Waals surface area contributed by atoms with Crippen LogP contribution < -0.4 is 19.6 Å². The van der Waals surface area contributed by atoms with E-state index >= 15 is 0 Å². The number of nitrogens with zero attached hydrogens (tertiary/aromatic N) is 4. The summed E-state index contributed by atoms with van der Waals surface area (Å²) in [4.78, 5) is 9.40. The Labute approximate surface area is 377 Å². The minimum Gasteiger partial charge on any atom is -0.334 e. The molecular formula is C60H48N4. The van der Waals surface area contributed by atoms with Crippen LogP contribution in [0.1, 0.15) is 6.42 Å². The molecule has 0 radical (unpaired) electrons. The SMILES string of the molecule is C1=CC(N(c2ccccc2)c2ccccc2)CC=C1N(c1ccccc1)c1ccc(-c2ccc(N(c3ccccc3)c3ccc(N(c4ccccc4)c4ccccc4)cc3)cc2)cc1. The molecular weight excluding hydrogens is 777 g/mol. The molecule has 0 aromatic heterocycles. The fraction of sp³-hybridized carbons (Fsp3) is 0.0333. The molecule has 308 valence electrons. The van der Waals surface area contributed by atoms with Crippen LogP contribution in [0.15, 0.2) is 279 Å². The van der Waals surface area contributed by atoms with Crippen LogP contribution in [-0.4, -0.2) is 6.04 Å². The van der Waals surface area contributed by atoms with Crippen LogP contribution in [0.25, 0.3) is 11.1 Å². The Hall–Kier alpha value is -8.34. The van der Waals surface area contributed by atoms with Gasteiger partial charge in [-0.25, -0.2) is 0 Å². The first kappa shape index (κ1) is 39.8. The van der Waals surface area contributed by atoms with Crippen molar-refractivity contribution < 1.29 is 0 Å². The lowest BCUT2D eigenvalue weighted by Gasteiger charge is -2.35. The van der Waals surface area contributed by atoms with E-state index in [9.17, 15) is 0 Å². The van der Waals surface area contributed by atoms with Gasteiger partial charge in [-0.3, -0.25) is 0 Å². The topological polar surface area (TPSA) is 13.0 Å². The molecule has 10 rings (SSSR count). The van der Waals surface area contributed by atoms with Crippen LogP contribution in [0, 0.1) is 0 Å². The smallest absolute Gasteiger partial charge is 0.0561 e. The van der Waals surface area contributed by atoms with Crippen molar-refractivity contribution in [1.82, 2.24) is 0 Å². The molecule has 0 saturated carbocycles. The Bertz CT molecular complexity index is 2840. The molecule has 0 heterocycles. The molecule has 1 aliphatic rings. The molecule has 4 nitrogen and oxygen atoms in total. The lowest BCUT2D eigenvalue weighted by atomic mass is 10.0. The molecule has 1 aliphatic carbocycles. The van der Waals surface area contributed by atoms with Crippen LogP contribution in [0.3, 0.4) is 0 Å². The van der Waals surface area contributed by atoms with E-state index in [0.29, 0.717) is 0 Å². The zero-order chi connectivity index (χ0) is 42.9. The zero-order valence-corrected chi connectivity index (χ0v) is 35.6. The van der Waals surface area contributed by atoms with Gasteiger partial charge in [0.25, 0.3) is 0 Å². The minimum atomic E-state index is 0.179. The van der Waals surface area contributed by atoms with E-state index in [1.54, 1.807) is 0 Å². The van der Waals surface area contributed by atoms with Crippen LogP contribution in [0.4, 0.5) is 56.9 Å². The Morgan fingerprint density at radius 3 is 0.844 bits per heavy atom. The first-order chi connectivity index (χ1) is 31.8. The minimum absolute atomic E-state index is 0.179. The van der Waals surface area contributed by atoms with Crippen LogP contribution >= 0.6 is 0 Å². The predicted octanol–water partition coefficient (Wildman–Crippen LogP) is 16.5. The first-order valence-corrected chi connectivity index (χ1v) is 22.0. The molecule has 0 bridgehead atoms. The summed E-state index contributed by atoms with van der Waals surface area (Å²) in [7, 11) is 0. The maximum atomic E-state index is 2.43. The molecule has 0 amide bonds. The van der Waals surface area contributed by atoms with Gasteiger partial charge in [-0.05, 0) is 145 Å². The standard InChI is InChI=1S/C60H48N4/c1-7-19-49(20-8-1)61(50-21-9-2-10-22-50)57-39-43-59(44-40-57)63(53-27-15-5-16-28-53)55-35-31-47(32-36-55)48-33-37-56(38-34-48)64(54-29-17-6-18-30-54)60-45-41-58(42-46-60)62(51-23-11-3-12-24-51)52-25-13-4-14-26-52/h1-41,43-46,58H,42H2. The van der Waals surface area contributed by atoms with Crippen LogP contribution in [-0.2, 0) is 0 Å². The molecule has 1 atom stereocenters. The predicted molar refractivity (Wildman–Crippen MR) is 270 cm³/mol. The summed E-state index contributed by atoms with van der Waals surface area (Å²) in [5.41, 5.74) is 14.7. The second-order valence-electron chi connectivity index (χ2n) is 15.8. The number of rotatable bonds is 13. The van der Waals surface area contributed by atoms with Gasteiger partial charge in [0, 0.05) is 62.6 Å². The lowest BCUT2D eigenvalue weighted by Crippen LogP contribution is -2.31. The Kier molecular flexibility index (Phi) is 11.6. The Balaban J connectivity index is 0.913. The van der Waals surface area contributed by atoms with Gasteiger partial charge in [0.1, 0.15) is 0 Å². The van der Waals surface area contributed by atoms with Crippen LogP contribution in [0.2, 0.25) is 0 Å². The average molecular weight is 825 g/mol. The number of benzene rings is 9. The molecule has 0 aliphatic heterocycles. The van der Waals surface area contributed by atoms with Gasteiger partial charge in [0.05, 0.1) is 6.04 Å². The summed E-state index contributed by atoms with van der Waals surface area (Å²) in [5.74, 6) is 0. The van der Waals surface area contributed by atoms with Gasteiger partial charge in [-0.15, -0.1) is 0 Å².